The van der Waals surface area contributed by atoms with E-state index in [2.05, 4.69) is 20.8 Å². The Morgan fingerprint density at radius 1 is 1.00 bits per heavy atom. The quantitative estimate of drug-likeness (QED) is 0.118. The van der Waals surface area contributed by atoms with Gasteiger partial charge in [0.1, 0.15) is 23.1 Å². The molecule has 1 aliphatic rings. The van der Waals surface area contributed by atoms with Crippen molar-refractivity contribution in [2.75, 3.05) is 11.5 Å². The predicted octanol–water partition coefficient (Wildman–Crippen LogP) is 8.49. The fourth-order valence-electron chi connectivity index (χ4n) is 5.64. The number of phenolic OH excluding ortho intramolecular Hbond substituents is 1. The molecule has 42 heavy (non-hydrogen) atoms. The maximum absolute atomic E-state index is 13.8. The summed E-state index contributed by atoms with van der Waals surface area (Å²) in [6.45, 7) is 10.6. The zero-order chi connectivity index (χ0) is 30.7. The van der Waals surface area contributed by atoms with Gasteiger partial charge in [-0.25, -0.2) is 8.78 Å². The highest BCUT2D eigenvalue weighted by atomic mass is 28.4. The van der Waals surface area contributed by atoms with Crippen molar-refractivity contribution in [1.29, 1.82) is 0 Å². The van der Waals surface area contributed by atoms with Crippen molar-refractivity contribution in [3.05, 3.63) is 89.5 Å². The number of halogens is 2. The second-order valence-electron chi connectivity index (χ2n) is 12.6. The fraction of sp³-hybridized carbons (Fsp3) is 0.441. The van der Waals surface area contributed by atoms with Crippen molar-refractivity contribution in [2.45, 2.75) is 83.0 Å². The average molecular weight is 596 g/mol. The molecule has 5 nitrogen and oxygen atoms in total. The maximum atomic E-state index is 13.8. The molecule has 1 saturated heterocycles. The van der Waals surface area contributed by atoms with E-state index in [1.54, 1.807) is 41.3 Å². The first-order chi connectivity index (χ1) is 19.8. The van der Waals surface area contributed by atoms with Crippen LogP contribution in [0.25, 0.3) is 0 Å². The van der Waals surface area contributed by atoms with E-state index >= 15 is 0 Å². The molecule has 3 aromatic carbocycles. The molecular formula is C34H43F2NO4Si. The van der Waals surface area contributed by atoms with Crippen molar-refractivity contribution >= 4 is 19.9 Å². The zero-order valence-electron chi connectivity index (χ0n) is 25.2. The zero-order valence-corrected chi connectivity index (χ0v) is 26.2. The van der Waals surface area contributed by atoms with Gasteiger partial charge in [-0.15, -0.1) is 0 Å². The Bertz CT molecular complexity index is 1360. The van der Waals surface area contributed by atoms with Gasteiger partial charge in [0, 0.05) is 17.3 Å². The number of phenols is 1. The molecule has 0 aliphatic carbocycles. The number of amides is 1. The third kappa shape index (κ3) is 7.04. The van der Waals surface area contributed by atoms with Gasteiger partial charge >= 0.3 is 0 Å². The first kappa shape index (κ1) is 31.7. The molecule has 3 atom stereocenters. The molecule has 0 saturated carbocycles. The molecule has 2 N–H and O–H groups in total. The summed E-state index contributed by atoms with van der Waals surface area (Å²) in [4.78, 5) is 26.3. The van der Waals surface area contributed by atoms with Crippen LogP contribution in [-0.2, 0) is 4.79 Å². The molecule has 0 spiro atoms. The Balaban J connectivity index is 1.63. The molecule has 0 aromatic heterocycles. The number of β-lactam (4-membered cyclic amide) rings is 1. The fourth-order valence-corrected chi connectivity index (χ4v) is 6.39. The Morgan fingerprint density at radius 2 is 1.62 bits per heavy atom. The van der Waals surface area contributed by atoms with Crippen LogP contribution in [-0.4, -0.2) is 30.7 Å². The van der Waals surface area contributed by atoms with Gasteiger partial charge in [-0.05, 0) is 104 Å². The minimum absolute atomic E-state index is 0.00390. The topological polar surface area (TPSA) is 70.0 Å². The third-order valence-corrected chi connectivity index (χ3v) is 12.5. The van der Waals surface area contributed by atoms with Crippen LogP contribution in [0.2, 0.25) is 18.1 Å². The van der Waals surface area contributed by atoms with Gasteiger partial charge in [0.25, 0.3) is 0 Å². The number of rotatable bonds is 13. The number of benzene rings is 3. The molecular weight excluding hydrogens is 552 g/mol. The Morgan fingerprint density at radius 3 is 2.19 bits per heavy atom. The van der Waals surface area contributed by atoms with Gasteiger partial charge in [0.05, 0.1) is 18.6 Å². The van der Waals surface area contributed by atoms with Crippen molar-refractivity contribution in [3.63, 3.8) is 0 Å². The first-order valence-corrected chi connectivity index (χ1v) is 17.8. The monoisotopic (exact) mass is 595 g/mol. The van der Waals surface area contributed by atoms with Gasteiger partial charge in [-0.2, -0.15) is 0 Å². The van der Waals surface area contributed by atoms with E-state index in [0.29, 0.717) is 42.9 Å². The first-order valence-electron chi connectivity index (χ1n) is 14.8. The summed E-state index contributed by atoms with van der Waals surface area (Å²) in [6, 6.07) is 17.0. The molecule has 1 unspecified atom stereocenters. The number of carbonyl (C=O) groups is 1. The lowest BCUT2D eigenvalue weighted by molar-refractivity contribution is -0.130. The lowest BCUT2D eigenvalue weighted by Crippen LogP contribution is -2.55. The highest BCUT2D eigenvalue weighted by molar-refractivity contribution is 6.72. The SMILES string of the molecule is CCCCOc1ccc([C@@H]2C(CC[C@H](CC(C)(C)[Si](C)(C)O)c3ccc(F)cc3)C(=O)N2c2ccc(F)cc2)c(O)c1. The number of carbonyl (C=O) groups excluding carboxylic acids is 1. The van der Waals surface area contributed by atoms with E-state index < -0.39 is 26.1 Å². The summed E-state index contributed by atoms with van der Waals surface area (Å²) in [6.07, 6.45) is 3.76. The Kier molecular flexibility index (Phi) is 9.78. The van der Waals surface area contributed by atoms with Crippen LogP contribution >= 0.6 is 0 Å². The summed E-state index contributed by atoms with van der Waals surface area (Å²) in [5.41, 5.74) is 2.14. The molecule has 1 amide bonds. The van der Waals surface area contributed by atoms with Crippen LogP contribution in [0.15, 0.2) is 66.7 Å². The number of hydrogen-bond donors (Lipinski definition) is 2. The lowest BCUT2D eigenvalue weighted by Gasteiger charge is -2.48. The molecule has 1 fully saturated rings. The smallest absolute Gasteiger partial charge is 0.233 e. The number of unbranched alkanes of at least 4 members (excludes halogenated alkanes) is 1. The molecule has 4 rings (SSSR count). The predicted molar refractivity (Wildman–Crippen MR) is 165 cm³/mol. The van der Waals surface area contributed by atoms with Gasteiger partial charge in [0.2, 0.25) is 5.91 Å². The maximum Gasteiger partial charge on any atom is 0.233 e. The summed E-state index contributed by atoms with van der Waals surface area (Å²) in [7, 11) is -2.53. The number of aromatic hydroxyl groups is 1. The number of nitrogens with zero attached hydrogens (tertiary/aromatic N) is 1. The van der Waals surface area contributed by atoms with Crippen LogP contribution in [0.5, 0.6) is 11.5 Å². The van der Waals surface area contributed by atoms with E-state index in [0.717, 1.165) is 18.4 Å². The van der Waals surface area contributed by atoms with Crippen molar-refractivity contribution in [1.82, 2.24) is 0 Å². The van der Waals surface area contributed by atoms with E-state index in [9.17, 15) is 23.5 Å². The minimum atomic E-state index is -2.53. The minimum Gasteiger partial charge on any atom is -0.507 e. The van der Waals surface area contributed by atoms with Crippen molar-refractivity contribution in [3.8, 4) is 11.5 Å². The highest BCUT2D eigenvalue weighted by Crippen LogP contribution is 2.51. The second-order valence-corrected chi connectivity index (χ2v) is 17.1. The van der Waals surface area contributed by atoms with Gasteiger partial charge in [0.15, 0.2) is 8.32 Å². The van der Waals surface area contributed by atoms with E-state index in [1.807, 2.05) is 19.2 Å². The molecule has 226 valence electrons. The van der Waals surface area contributed by atoms with E-state index in [1.165, 1.54) is 24.3 Å². The number of hydrogen-bond acceptors (Lipinski definition) is 4. The van der Waals surface area contributed by atoms with Crippen LogP contribution in [0.1, 0.15) is 76.0 Å². The normalized spacial score (nSPS) is 18.1. The summed E-state index contributed by atoms with van der Waals surface area (Å²) in [5, 5.41) is 10.8. The Hall–Kier alpha value is -3.23. The van der Waals surface area contributed by atoms with Gasteiger partial charge in [-0.3, -0.25) is 4.79 Å². The molecule has 1 heterocycles. The van der Waals surface area contributed by atoms with Crippen molar-refractivity contribution < 1.29 is 28.2 Å². The van der Waals surface area contributed by atoms with Crippen LogP contribution in [0.4, 0.5) is 14.5 Å². The van der Waals surface area contributed by atoms with Crippen LogP contribution in [0, 0.1) is 17.6 Å². The molecule has 0 radical (unpaired) electrons. The summed E-state index contributed by atoms with van der Waals surface area (Å²) >= 11 is 0. The second kappa shape index (κ2) is 13.0. The number of ether oxygens (including phenoxy) is 1. The highest BCUT2D eigenvalue weighted by Gasteiger charge is 2.50. The largest absolute Gasteiger partial charge is 0.507 e. The Labute approximate surface area is 249 Å². The van der Waals surface area contributed by atoms with Crippen LogP contribution in [0.3, 0.4) is 0 Å². The standard InChI is InChI=1S/C34H43F2NO4Si/c1-6-7-20-41-28-17-19-29(31(38)21-28)32-30(33(39)37(32)27-15-13-26(36)14-16-27)18-10-24(22-34(2,3)42(4,5)40)23-8-11-25(35)12-9-23/h8-9,11-17,19,21,24,30,32,38,40H,6-7,10,18,20,22H2,1-5H3/t24-,30?,32-/m1/s1. The lowest BCUT2D eigenvalue weighted by atomic mass is 9.75. The summed E-state index contributed by atoms with van der Waals surface area (Å²) < 4.78 is 33.3. The van der Waals surface area contributed by atoms with Gasteiger partial charge in [-0.1, -0.05) is 39.3 Å². The molecule has 8 heteroatoms. The summed E-state index contributed by atoms with van der Waals surface area (Å²) in [5.74, 6) is -0.610. The van der Waals surface area contributed by atoms with Gasteiger partial charge < -0.3 is 19.5 Å². The molecule has 1 aliphatic heterocycles. The molecule has 3 aromatic rings. The van der Waals surface area contributed by atoms with Crippen molar-refractivity contribution in [2.24, 2.45) is 5.92 Å². The van der Waals surface area contributed by atoms with Crippen LogP contribution < -0.4 is 9.64 Å². The van der Waals surface area contributed by atoms with E-state index in [-0.39, 0.29) is 28.4 Å². The third-order valence-electron chi connectivity index (χ3n) is 8.99. The molecule has 0 bridgehead atoms. The van der Waals surface area contributed by atoms with E-state index in [4.69, 9.17) is 4.74 Å². The number of anilines is 1. The average Bonchev–Trinajstić information content (AvgIpc) is 2.92.